The van der Waals surface area contributed by atoms with Gasteiger partial charge in [0.05, 0.1) is 47.0 Å². The van der Waals surface area contributed by atoms with E-state index in [0.717, 1.165) is 12.1 Å². The Kier molecular flexibility index (Phi) is 9.87. The van der Waals surface area contributed by atoms with Gasteiger partial charge in [0.1, 0.15) is 11.9 Å². The summed E-state index contributed by atoms with van der Waals surface area (Å²) in [7, 11) is -3.39. The quantitative estimate of drug-likeness (QED) is 0.325. The number of carbonyl (C=O) groups excluding carboxylic acids is 1. The lowest BCUT2D eigenvalue weighted by molar-refractivity contribution is -0.137. The number of aliphatic hydroxyl groups excluding tert-OH is 1. The first-order valence-corrected chi connectivity index (χ1v) is 15.1. The Bertz CT molecular complexity index is 1540. The van der Waals surface area contributed by atoms with Crippen molar-refractivity contribution in [3.05, 3.63) is 77.6 Å². The van der Waals surface area contributed by atoms with E-state index in [0.29, 0.717) is 30.9 Å². The third kappa shape index (κ3) is 7.79. The number of alkyl halides is 3. The van der Waals surface area contributed by atoms with Crippen LogP contribution in [0.5, 0.6) is 5.75 Å². The highest BCUT2D eigenvalue weighted by molar-refractivity contribution is 7.91. The molecule has 0 bridgehead atoms. The zero-order valence-electron chi connectivity index (χ0n) is 23.2. The Morgan fingerprint density at radius 1 is 1.16 bits per heavy atom. The number of sulfone groups is 1. The minimum absolute atomic E-state index is 0.0498. The van der Waals surface area contributed by atoms with Crippen LogP contribution < -0.4 is 15.0 Å². The van der Waals surface area contributed by atoms with Crippen LogP contribution in [0.4, 0.5) is 19.1 Å². The van der Waals surface area contributed by atoms with Gasteiger partial charge in [-0.05, 0) is 48.4 Å². The molecule has 1 unspecified atom stereocenters. The highest BCUT2D eigenvalue weighted by Gasteiger charge is 2.35. The number of nitrogens with one attached hydrogen (secondary N) is 1. The van der Waals surface area contributed by atoms with Crippen molar-refractivity contribution in [1.29, 1.82) is 5.26 Å². The van der Waals surface area contributed by atoms with Gasteiger partial charge in [0.2, 0.25) is 5.95 Å². The van der Waals surface area contributed by atoms with E-state index in [1.54, 1.807) is 6.92 Å². The first-order chi connectivity index (χ1) is 20.4. The molecule has 43 heavy (non-hydrogen) atoms. The largest absolute Gasteiger partial charge is 0.489 e. The third-order valence-corrected chi connectivity index (χ3v) is 8.87. The average Bonchev–Trinajstić information content (AvgIpc) is 3.40. The summed E-state index contributed by atoms with van der Waals surface area (Å²) in [6, 6.07) is 11.5. The monoisotopic (exact) mass is 617 g/mol. The second-order valence-corrected chi connectivity index (χ2v) is 12.2. The molecule has 1 saturated heterocycles. The maximum Gasteiger partial charge on any atom is 0.416 e. The van der Waals surface area contributed by atoms with E-state index in [2.05, 4.69) is 21.4 Å². The molecule has 2 heterocycles. The van der Waals surface area contributed by atoms with Gasteiger partial charge in [-0.15, -0.1) is 0 Å². The fourth-order valence-corrected chi connectivity index (χ4v) is 5.64. The first kappa shape index (κ1) is 31.7. The van der Waals surface area contributed by atoms with Gasteiger partial charge in [-0.3, -0.25) is 4.79 Å². The summed E-state index contributed by atoms with van der Waals surface area (Å²) < 4.78 is 68.7. The van der Waals surface area contributed by atoms with Gasteiger partial charge in [-0.1, -0.05) is 19.1 Å². The number of aromatic nitrogens is 2. The summed E-state index contributed by atoms with van der Waals surface area (Å²) in [4.78, 5) is 23.6. The number of benzene rings is 2. The van der Waals surface area contributed by atoms with E-state index < -0.39 is 46.2 Å². The van der Waals surface area contributed by atoms with Gasteiger partial charge in [0.15, 0.2) is 9.84 Å². The number of aliphatic hydroxyl groups is 1. The molecule has 1 fully saturated rings. The minimum atomic E-state index is -4.45. The SMILES string of the molecule is CCS(=O)(=O)c1ccc([C@H](CO)NC(=O)c2cnc(N3C[C@H](Oc4ccc(C(F)(F)F)cc4)CC3CCC#N)nc2)cc1. The smallest absolute Gasteiger partial charge is 0.416 e. The lowest BCUT2D eigenvalue weighted by Gasteiger charge is -2.23. The van der Waals surface area contributed by atoms with Crippen LogP contribution in [-0.2, 0) is 16.0 Å². The summed E-state index contributed by atoms with van der Waals surface area (Å²) in [5, 5.41) is 21.6. The van der Waals surface area contributed by atoms with Gasteiger partial charge < -0.3 is 20.1 Å². The molecule has 4 rings (SSSR count). The predicted molar refractivity (Wildman–Crippen MR) is 150 cm³/mol. The number of nitriles is 1. The van der Waals surface area contributed by atoms with Crippen LogP contribution in [0.3, 0.4) is 0 Å². The summed E-state index contributed by atoms with van der Waals surface area (Å²) in [6.45, 7) is 1.43. The topological polar surface area (TPSA) is 146 Å². The van der Waals surface area contributed by atoms with Crippen LogP contribution >= 0.6 is 0 Å². The van der Waals surface area contributed by atoms with Crippen molar-refractivity contribution in [3.8, 4) is 11.8 Å². The fraction of sp³-hybridized carbons (Fsp3) is 0.379. The number of hydrogen-bond donors (Lipinski definition) is 2. The molecule has 2 N–H and O–H groups in total. The normalized spacial score (nSPS) is 17.7. The zero-order valence-corrected chi connectivity index (χ0v) is 24.0. The molecule has 10 nitrogen and oxygen atoms in total. The molecule has 1 aliphatic rings. The van der Waals surface area contributed by atoms with E-state index in [4.69, 9.17) is 10.00 Å². The Labute approximate surface area is 247 Å². The number of rotatable bonds is 11. The molecule has 0 saturated carbocycles. The van der Waals surface area contributed by atoms with Gasteiger partial charge in [-0.2, -0.15) is 18.4 Å². The molecule has 0 spiro atoms. The van der Waals surface area contributed by atoms with Crippen LogP contribution in [-0.4, -0.2) is 60.4 Å². The van der Waals surface area contributed by atoms with Crippen LogP contribution in [0.15, 0.2) is 65.8 Å². The summed E-state index contributed by atoms with van der Waals surface area (Å²) >= 11 is 0. The van der Waals surface area contributed by atoms with Crippen molar-refractivity contribution in [2.75, 3.05) is 23.8 Å². The molecule has 228 valence electrons. The van der Waals surface area contributed by atoms with Crippen molar-refractivity contribution < 1.29 is 36.2 Å². The zero-order chi connectivity index (χ0) is 31.2. The van der Waals surface area contributed by atoms with Crippen LogP contribution in [0, 0.1) is 11.3 Å². The molecule has 1 aliphatic heterocycles. The summed E-state index contributed by atoms with van der Waals surface area (Å²) in [5.74, 6) is -0.0237. The standard InChI is InChI=1S/C29H30F3N5O5S/c1-2-43(40,41)25-11-5-19(6-12-25)26(18-38)36-27(39)20-15-34-28(35-16-20)37-17-24(14-22(37)4-3-13-33)42-23-9-7-21(8-10-23)29(30,31)32/h5-12,15-16,22,24,26,38H,2-4,14,17-18H2,1H3,(H,36,39)/t22?,24-,26+/m1/s1. The van der Waals surface area contributed by atoms with Crippen molar-refractivity contribution in [3.63, 3.8) is 0 Å². The molecular weight excluding hydrogens is 587 g/mol. The maximum atomic E-state index is 12.9. The van der Waals surface area contributed by atoms with Crippen molar-refractivity contribution in [2.24, 2.45) is 0 Å². The van der Waals surface area contributed by atoms with E-state index in [9.17, 15) is 31.5 Å². The van der Waals surface area contributed by atoms with Crippen molar-refractivity contribution >= 4 is 21.7 Å². The molecule has 3 atom stereocenters. The molecule has 2 aromatic carbocycles. The fourth-order valence-electron chi connectivity index (χ4n) is 4.76. The Morgan fingerprint density at radius 2 is 1.81 bits per heavy atom. The maximum absolute atomic E-state index is 12.9. The lowest BCUT2D eigenvalue weighted by Crippen LogP contribution is -2.33. The molecule has 0 radical (unpaired) electrons. The van der Waals surface area contributed by atoms with Gasteiger partial charge in [0.25, 0.3) is 5.91 Å². The number of ether oxygens (including phenoxy) is 1. The highest BCUT2D eigenvalue weighted by atomic mass is 32.2. The summed E-state index contributed by atoms with van der Waals surface area (Å²) in [6.07, 6.45) is -0.937. The number of amides is 1. The second kappa shape index (κ2) is 13.4. The van der Waals surface area contributed by atoms with E-state index in [-0.39, 0.29) is 34.4 Å². The van der Waals surface area contributed by atoms with Crippen LogP contribution in [0.2, 0.25) is 0 Å². The Hall–Kier alpha value is -4.22. The van der Waals surface area contributed by atoms with Gasteiger partial charge in [-0.25, -0.2) is 18.4 Å². The minimum Gasteiger partial charge on any atom is -0.489 e. The number of nitrogens with zero attached hydrogens (tertiary/aromatic N) is 4. The summed E-state index contributed by atoms with van der Waals surface area (Å²) in [5.41, 5.74) is -0.138. The predicted octanol–water partition coefficient (Wildman–Crippen LogP) is 4.08. The molecule has 0 aliphatic carbocycles. The van der Waals surface area contributed by atoms with Gasteiger partial charge >= 0.3 is 6.18 Å². The van der Waals surface area contributed by atoms with Crippen molar-refractivity contribution in [1.82, 2.24) is 15.3 Å². The lowest BCUT2D eigenvalue weighted by atomic mass is 10.1. The first-order valence-electron chi connectivity index (χ1n) is 13.5. The molecule has 1 aromatic heterocycles. The van der Waals surface area contributed by atoms with Crippen LogP contribution in [0.1, 0.15) is 53.7 Å². The Balaban J connectivity index is 1.43. The number of hydrogen-bond acceptors (Lipinski definition) is 9. The van der Waals surface area contributed by atoms with E-state index in [1.807, 2.05) is 4.90 Å². The molecule has 3 aromatic rings. The number of anilines is 1. The number of carbonyl (C=O) groups is 1. The van der Waals surface area contributed by atoms with E-state index in [1.165, 1.54) is 48.8 Å². The molecular formula is C29H30F3N5O5S. The highest BCUT2D eigenvalue weighted by Crippen LogP contribution is 2.32. The molecule has 14 heteroatoms. The third-order valence-electron chi connectivity index (χ3n) is 7.12. The number of halogens is 3. The molecule has 1 amide bonds. The second-order valence-electron chi connectivity index (χ2n) is 9.95. The van der Waals surface area contributed by atoms with E-state index >= 15 is 0 Å². The Morgan fingerprint density at radius 3 is 2.37 bits per heavy atom. The van der Waals surface area contributed by atoms with Gasteiger partial charge in [0, 0.05) is 31.3 Å². The van der Waals surface area contributed by atoms with Crippen LogP contribution in [0.25, 0.3) is 0 Å². The van der Waals surface area contributed by atoms with Crippen molar-refractivity contribution in [2.45, 2.75) is 55.4 Å². The average molecular weight is 618 g/mol.